The maximum Gasteiger partial charge on any atom is 0.336 e. The molecule has 0 fully saturated rings. The molecular formula is C10H8ClFO3. The highest BCUT2D eigenvalue weighted by atomic mass is 35.5. The van der Waals surface area contributed by atoms with Crippen molar-refractivity contribution in [3.63, 3.8) is 0 Å². The summed E-state index contributed by atoms with van der Waals surface area (Å²) in [5, 5.41) is 7.66. The second kappa shape index (κ2) is 4.40. The third-order valence-electron chi connectivity index (χ3n) is 1.87. The van der Waals surface area contributed by atoms with Gasteiger partial charge in [0.1, 0.15) is 11.2 Å². The number of hydrogen-bond acceptors (Lipinski definition) is 2. The van der Waals surface area contributed by atoms with E-state index in [4.69, 9.17) is 16.7 Å². The smallest absolute Gasteiger partial charge is 0.336 e. The van der Waals surface area contributed by atoms with Crippen molar-refractivity contribution in [3.05, 3.63) is 35.1 Å². The van der Waals surface area contributed by atoms with Gasteiger partial charge in [0, 0.05) is 0 Å². The summed E-state index contributed by atoms with van der Waals surface area (Å²) in [5.41, 5.74) is -0.178. The Labute approximate surface area is 90.5 Å². The van der Waals surface area contributed by atoms with Crippen LogP contribution in [0.15, 0.2) is 18.2 Å². The number of alkyl halides is 1. The molecule has 5 heteroatoms. The largest absolute Gasteiger partial charge is 0.478 e. The van der Waals surface area contributed by atoms with Crippen molar-refractivity contribution in [2.24, 2.45) is 0 Å². The Morgan fingerprint density at radius 3 is 2.53 bits per heavy atom. The van der Waals surface area contributed by atoms with Gasteiger partial charge in [-0.3, -0.25) is 4.79 Å². The molecule has 0 aliphatic heterocycles. The van der Waals surface area contributed by atoms with Crippen molar-refractivity contribution in [2.45, 2.75) is 12.3 Å². The number of carboxylic acid groups (broad SMARTS) is 1. The first-order chi connectivity index (χ1) is 6.93. The fourth-order valence-electron chi connectivity index (χ4n) is 1.16. The molecule has 0 heterocycles. The zero-order chi connectivity index (χ0) is 11.6. The summed E-state index contributed by atoms with van der Waals surface area (Å²) in [5.74, 6) is -2.29. The molecule has 3 nitrogen and oxygen atoms in total. The maximum atomic E-state index is 12.9. The fourth-order valence-corrected chi connectivity index (χ4v) is 1.34. The number of aromatic carboxylic acids is 1. The third-order valence-corrected chi connectivity index (χ3v) is 2.42. The second-order valence-corrected chi connectivity index (χ2v) is 3.45. The molecule has 0 spiro atoms. The van der Waals surface area contributed by atoms with Gasteiger partial charge in [0.05, 0.1) is 5.56 Å². The normalized spacial score (nSPS) is 12.2. The van der Waals surface area contributed by atoms with Crippen LogP contribution in [-0.4, -0.2) is 16.9 Å². The predicted octanol–water partition coefficient (Wildman–Crippen LogP) is 2.39. The Hall–Kier alpha value is -1.42. The van der Waals surface area contributed by atoms with Crippen LogP contribution >= 0.6 is 11.6 Å². The van der Waals surface area contributed by atoms with Gasteiger partial charge >= 0.3 is 5.97 Å². The molecule has 0 aliphatic carbocycles. The van der Waals surface area contributed by atoms with E-state index in [0.29, 0.717) is 0 Å². The van der Waals surface area contributed by atoms with Crippen LogP contribution in [0.25, 0.3) is 0 Å². The van der Waals surface area contributed by atoms with Crippen molar-refractivity contribution in [3.8, 4) is 0 Å². The van der Waals surface area contributed by atoms with Crippen LogP contribution in [0, 0.1) is 5.82 Å². The molecule has 0 aliphatic rings. The van der Waals surface area contributed by atoms with Gasteiger partial charge in [-0.15, -0.1) is 11.6 Å². The Kier molecular flexibility index (Phi) is 3.42. The lowest BCUT2D eigenvalue weighted by atomic mass is 10.0. The lowest BCUT2D eigenvalue weighted by Crippen LogP contribution is -2.09. The molecule has 1 atom stereocenters. The number of rotatable bonds is 3. The minimum atomic E-state index is -1.24. The van der Waals surface area contributed by atoms with E-state index in [-0.39, 0.29) is 11.1 Å². The monoisotopic (exact) mass is 230 g/mol. The molecule has 80 valence electrons. The molecule has 15 heavy (non-hydrogen) atoms. The number of hydrogen-bond donors (Lipinski definition) is 1. The van der Waals surface area contributed by atoms with Crippen LogP contribution in [0.4, 0.5) is 4.39 Å². The predicted molar refractivity (Wildman–Crippen MR) is 52.6 cm³/mol. The Bertz CT molecular complexity index is 417. The molecule has 1 unspecified atom stereocenters. The summed E-state index contributed by atoms with van der Waals surface area (Å²) in [4.78, 5) is 21.8. The molecule has 1 N–H and O–H groups in total. The van der Waals surface area contributed by atoms with Crippen molar-refractivity contribution in [2.75, 3.05) is 0 Å². The molecule has 0 saturated heterocycles. The highest BCUT2D eigenvalue weighted by Crippen LogP contribution is 2.25. The van der Waals surface area contributed by atoms with Crippen molar-refractivity contribution < 1.29 is 19.1 Å². The molecule has 1 rings (SSSR count). The van der Waals surface area contributed by atoms with Gasteiger partial charge in [-0.05, 0) is 30.7 Å². The van der Waals surface area contributed by atoms with Crippen LogP contribution in [0.3, 0.4) is 0 Å². The number of carbonyl (C=O) groups excluding carboxylic acids is 1. The molecule has 0 saturated carbocycles. The van der Waals surface area contributed by atoms with Gasteiger partial charge in [0.2, 0.25) is 0 Å². The molecule has 0 radical (unpaired) electrons. The Balaban J connectivity index is 3.30. The average Bonchev–Trinajstić information content (AvgIpc) is 2.15. The van der Waals surface area contributed by atoms with E-state index in [0.717, 1.165) is 18.2 Å². The quantitative estimate of drug-likeness (QED) is 0.812. The van der Waals surface area contributed by atoms with Crippen LogP contribution in [0.2, 0.25) is 0 Å². The number of halogens is 2. The van der Waals surface area contributed by atoms with Gasteiger partial charge in [0.15, 0.2) is 5.78 Å². The van der Waals surface area contributed by atoms with E-state index >= 15 is 0 Å². The second-order valence-electron chi connectivity index (χ2n) is 3.01. The van der Waals surface area contributed by atoms with E-state index in [9.17, 15) is 14.0 Å². The van der Waals surface area contributed by atoms with Crippen molar-refractivity contribution >= 4 is 23.4 Å². The SMILES string of the molecule is CC(=O)C(Cl)c1cc(F)ccc1C(=O)O. The van der Waals surface area contributed by atoms with E-state index in [2.05, 4.69) is 0 Å². The average molecular weight is 231 g/mol. The zero-order valence-electron chi connectivity index (χ0n) is 7.83. The molecule has 1 aromatic rings. The van der Waals surface area contributed by atoms with E-state index in [1.54, 1.807) is 0 Å². The highest BCUT2D eigenvalue weighted by molar-refractivity contribution is 6.31. The lowest BCUT2D eigenvalue weighted by Gasteiger charge is -2.09. The Morgan fingerprint density at radius 1 is 1.47 bits per heavy atom. The molecule has 1 aromatic carbocycles. The summed E-state index contributed by atoms with van der Waals surface area (Å²) >= 11 is 5.68. The topological polar surface area (TPSA) is 54.4 Å². The molecular weight excluding hydrogens is 223 g/mol. The van der Waals surface area contributed by atoms with E-state index < -0.39 is 22.9 Å². The third kappa shape index (κ3) is 2.53. The first-order valence-corrected chi connectivity index (χ1v) is 4.54. The van der Waals surface area contributed by atoms with Crippen LogP contribution in [-0.2, 0) is 4.79 Å². The van der Waals surface area contributed by atoms with Gasteiger partial charge in [-0.25, -0.2) is 9.18 Å². The van der Waals surface area contributed by atoms with Crippen molar-refractivity contribution in [1.82, 2.24) is 0 Å². The first-order valence-electron chi connectivity index (χ1n) is 4.10. The number of carbonyl (C=O) groups is 2. The lowest BCUT2D eigenvalue weighted by molar-refractivity contribution is -0.116. The van der Waals surface area contributed by atoms with Crippen LogP contribution < -0.4 is 0 Å². The number of Topliss-reactive ketones (excluding diaryl/α,β-unsaturated/α-hetero) is 1. The summed E-state index contributed by atoms with van der Waals surface area (Å²) in [6.45, 7) is 1.22. The van der Waals surface area contributed by atoms with Crippen LogP contribution in [0.1, 0.15) is 28.2 Å². The van der Waals surface area contributed by atoms with Gasteiger partial charge < -0.3 is 5.11 Å². The minimum absolute atomic E-state index is 0.0170. The fraction of sp³-hybridized carbons (Fsp3) is 0.200. The highest BCUT2D eigenvalue weighted by Gasteiger charge is 2.21. The summed E-state index contributed by atoms with van der Waals surface area (Å²) < 4.78 is 12.9. The molecule has 0 amide bonds. The summed E-state index contributed by atoms with van der Waals surface area (Å²) in [6, 6.07) is 3.06. The van der Waals surface area contributed by atoms with Crippen LogP contribution in [0.5, 0.6) is 0 Å². The Morgan fingerprint density at radius 2 is 2.07 bits per heavy atom. The van der Waals surface area contributed by atoms with Crippen molar-refractivity contribution in [1.29, 1.82) is 0 Å². The standard InChI is InChI=1S/C10H8ClFO3/c1-5(13)9(11)8-4-6(12)2-3-7(8)10(14)15/h2-4,9H,1H3,(H,14,15). The van der Waals surface area contributed by atoms with Gasteiger partial charge in [-0.1, -0.05) is 0 Å². The number of benzene rings is 1. The minimum Gasteiger partial charge on any atom is -0.478 e. The number of ketones is 1. The molecule has 0 aromatic heterocycles. The summed E-state index contributed by atoms with van der Waals surface area (Å²) in [7, 11) is 0. The number of carboxylic acids is 1. The maximum absolute atomic E-state index is 12.9. The van der Waals surface area contributed by atoms with Gasteiger partial charge in [-0.2, -0.15) is 0 Å². The molecule has 0 bridgehead atoms. The first kappa shape index (κ1) is 11.7. The van der Waals surface area contributed by atoms with E-state index in [1.807, 2.05) is 0 Å². The van der Waals surface area contributed by atoms with E-state index in [1.165, 1.54) is 6.92 Å². The summed E-state index contributed by atoms with van der Waals surface area (Å²) in [6.07, 6.45) is 0. The zero-order valence-corrected chi connectivity index (χ0v) is 8.58. The van der Waals surface area contributed by atoms with Gasteiger partial charge in [0.25, 0.3) is 0 Å².